The predicted molar refractivity (Wildman–Crippen MR) is 68.5 cm³/mol. The minimum Gasteiger partial charge on any atom is -0.367 e. The zero-order chi connectivity index (χ0) is 11.6. The molecule has 5 heteroatoms. The second-order valence-corrected chi connectivity index (χ2v) is 6.51. The van der Waals surface area contributed by atoms with Gasteiger partial charge in [-0.05, 0) is 66.0 Å². The zero-order valence-electron chi connectivity index (χ0n) is 9.70. The summed E-state index contributed by atoms with van der Waals surface area (Å²) in [6.07, 6.45) is 4.50. The zero-order valence-corrected chi connectivity index (χ0v) is 12.1. The average molecular weight is 305 g/mol. The summed E-state index contributed by atoms with van der Waals surface area (Å²) in [5.41, 5.74) is -0.218. The Labute approximate surface area is 109 Å². The van der Waals surface area contributed by atoms with Gasteiger partial charge in [0.25, 0.3) is 0 Å². The third-order valence-corrected chi connectivity index (χ3v) is 4.43. The molecule has 0 unspecified atom stereocenters. The predicted octanol–water partition coefficient (Wildman–Crippen LogP) is 3.74. The maximum Gasteiger partial charge on any atom is 0.179 e. The molecule has 16 heavy (non-hydrogen) atoms. The quantitative estimate of drug-likeness (QED) is 0.853. The Morgan fingerprint density at radius 3 is 2.69 bits per heavy atom. The normalized spacial score (nSPS) is 30.6. The van der Waals surface area contributed by atoms with Gasteiger partial charge < -0.3 is 4.74 Å². The van der Waals surface area contributed by atoms with E-state index in [0.717, 1.165) is 35.1 Å². The van der Waals surface area contributed by atoms with E-state index >= 15 is 0 Å². The fourth-order valence-corrected chi connectivity index (χ4v) is 3.21. The lowest BCUT2D eigenvalue weighted by Crippen LogP contribution is -2.35. The van der Waals surface area contributed by atoms with E-state index in [4.69, 9.17) is 4.74 Å². The highest BCUT2D eigenvalue weighted by Crippen LogP contribution is 2.41. The number of ether oxygens (including phenoxy) is 1. The van der Waals surface area contributed by atoms with Gasteiger partial charge in [-0.15, -0.1) is 0 Å². The Kier molecular flexibility index (Phi) is 3.97. The fraction of sp³-hybridized carbons (Fsp3) is 0.818. The Balaban J connectivity index is 2.22. The van der Waals surface area contributed by atoms with Crippen LogP contribution in [0.3, 0.4) is 0 Å². The highest BCUT2D eigenvalue weighted by Gasteiger charge is 2.39. The molecule has 1 fully saturated rings. The first-order valence-corrected chi connectivity index (χ1v) is 7.36. The van der Waals surface area contributed by atoms with Crippen LogP contribution < -0.4 is 0 Å². The molecule has 0 aliphatic heterocycles. The summed E-state index contributed by atoms with van der Waals surface area (Å²) in [6.45, 7) is 5.08. The summed E-state index contributed by atoms with van der Waals surface area (Å²) in [5, 5.41) is 0. The summed E-state index contributed by atoms with van der Waals surface area (Å²) >= 11 is 4.77. The second kappa shape index (κ2) is 5.10. The van der Waals surface area contributed by atoms with E-state index in [9.17, 15) is 0 Å². The first-order chi connectivity index (χ1) is 7.66. The van der Waals surface area contributed by atoms with E-state index in [1.165, 1.54) is 24.4 Å². The van der Waals surface area contributed by atoms with Gasteiger partial charge in [-0.25, -0.2) is 4.98 Å². The Morgan fingerprint density at radius 1 is 1.50 bits per heavy atom. The number of hydrogen-bond acceptors (Lipinski definition) is 4. The number of rotatable bonds is 3. The lowest BCUT2D eigenvalue weighted by molar-refractivity contribution is -0.0830. The van der Waals surface area contributed by atoms with Crippen LogP contribution in [0.2, 0.25) is 0 Å². The molecule has 1 aromatic heterocycles. The van der Waals surface area contributed by atoms with E-state index in [1.54, 1.807) is 0 Å². The number of nitrogens with zero attached hydrogens (tertiary/aromatic N) is 2. The number of halogens is 1. The largest absolute Gasteiger partial charge is 0.367 e. The highest BCUT2D eigenvalue weighted by molar-refractivity contribution is 9.11. The van der Waals surface area contributed by atoms with Gasteiger partial charge in [-0.3, -0.25) is 0 Å². The third kappa shape index (κ3) is 2.46. The third-order valence-electron chi connectivity index (χ3n) is 3.31. The molecule has 1 aliphatic carbocycles. The van der Waals surface area contributed by atoms with E-state index in [0.29, 0.717) is 0 Å². The highest BCUT2D eigenvalue weighted by atomic mass is 79.9. The van der Waals surface area contributed by atoms with E-state index in [1.807, 2.05) is 6.92 Å². The van der Waals surface area contributed by atoms with Gasteiger partial charge >= 0.3 is 0 Å². The first kappa shape index (κ1) is 12.5. The first-order valence-electron chi connectivity index (χ1n) is 5.80. The minimum atomic E-state index is -0.218. The molecule has 90 valence electrons. The van der Waals surface area contributed by atoms with Crippen LogP contribution in [0, 0.1) is 5.92 Å². The average Bonchev–Trinajstić information content (AvgIpc) is 2.70. The van der Waals surface area contributed by atoms with Crippen molar-refractivity contribution >= 4 is 27.5 Å². The number of hydrogen-bond donors (Lipinski definition) is 0. The van der Waals surface area contributed by atoms with Crippen molar-refractivity contribution < 1.29 is 4.74 Å². The summed E-state index contributed by atoms with van der Waals surface area (Å²) < 4.78 is 11.2. The van der Waals surface area contributed by atoms with Crippen molar-refractivity contribution in [3.8, 4) is 0 Å². The molecule has 0 N–H and O–H groups in total. The van der Waals surface area contributed by atoms with Gasteiger partial charge in [0, 0.05) is 6.61 Å². The van der Waals surface area contributed by atoms with Crippen LogP contribution in [0.25, 0.3) is 0 Å². The van der Waals surface area contributed by atoms with Crippen LogP contribution in [0.4, 0.5) is 0 Å². The topological polar surface area (TPSA) is 35.0 Å². The van der Waals surface area contributed by atoms with Gasteiger partial charge in [0.05, 0.1) is 0 Å². The van der Waals surface area contributed by atoms with E-state index in [2.05, 4.69) is 32.2 Å². The van der Waals surface area contributed by atoms with Gasteiger partial charge in [0.15, 0.2) is 9.74 Å². The number of aromatic nitrogens is 2. The van der Waals surface area contributed by atoms with Gasteiger partial charge in [-0.2, -0.15) is 4.37 Å². The van der Waals surface area contributed by atoms with Crippen molar-refractivity contribution in [1.29, 1.82) is 0 Å². The maximum atomic E-state index is 5.98. The minimum absolute atomic E-state index is 0.218. The van der Waals surface area contributed by atoms with Crippen LogP contribution in [-0.2, 0) is 10.3 Å². The fourth-order valence-electron chi connectivity index (χ4n) is 2.33. The molecule has 1 saturated carbocycles. The van der Waals surface area contributed by atoms with Gasteiger partial charge in [-0.1, -0.05) is 6.92 Å². The molecule has 0 aromatic carbocycles. The molecular formula is C11H17BrN2OS. The molecule has 0 atom stereocenters. The molecule has 1 aromatic rings. The van der Waals surface area contributed by atoms with Crippen molar-refractivity contribution in [1.82, 2.24) is 9.36 Å². The van der Waals surface area contributed by atoms with Crippen LogP contribution in [-0.4, -0.2) is 16.0 Å². The molecular weight excluding hydrogens is 288 g/mol. The van der Waals surface area contributed by atoms with Crippen molar-refractivity contribution in [2.24, 2.45) is 5.92 Å². The van der Waals surface area contributed by atoms with Crippen molar-refractivity contribution in [3.63, 3.8) is 0 Å². The standard InChI is InChI=1S/C11H17BrN2OS/c1-3-15-11(6-4-8(2)5-7-11)9-13-10(12)16-14-9/h8H,3-7H2,1-2H3. The van der Waals surface area contributed by atoms with Crippen molar-refractivity contribution in [3.05, 3.63) is 9.74 Å². The SMILES string of the molecule is CCOC1(c2nsc(Br)n2)CCC(C)CC1. The lowest BCUT2D eigenvalue weighted by Gasteiger charge is -2.36. The molecule has 1 heterocycles. The van der Waals surface area contributed by atoms with Crippen molar-refractivity contribution in [2.75, 3.05) is 6.61 Å². The summed E-state index contributed by atoms with van der Waals surface area (Å²) in [6, 6.07) is 0. The summed E-state index contributed by atoms with van der Waals surface area (Å²) in [4.78, 5) is 4.45. The van der Waals surface area contributed by atoms with Gasteiger partial charge in [0.2, 0.25) is 0 Å². The van der Waals surface area contributed by atoms with Crippen molar-refractivity contribution in [2.45, 2.75) is 45.1 Å². The maximum absolute atomic E-state index is 5.98. The van der Waals surface area contributed by atoms with E-state index < -0.39 is 0 Å². The molecule has 0 saturated heterocycles. The Hall–Kier alpha value is -0.0000000000000000555. The second-order valence-electron chi connectivity index (χ2n) is 4.48. The Morgan fingerprint density at radius 2 is 2.19 bits per heavy atom. The molecule has 0 radical (unpaired) electrons. The van der Waals surface area contributed by atoms with Crippen LogP contribution >= 0.6 is 27.5 Å². The van der Waals surface area contributed by atoms with Gasteiger partial charge in [0.1, 0.15) is 5.60 Å². The molecule has 3 nitrogen and oxygen atoms in total. The summed E-state index contributed by atoms with van der Waals surface area (Å²) in [5.74, 6) is 1.67. The molecule has 2 rings (SSSR count). The molecule has 0 amide bonds. The lowest BCUT2D eigenvalue weighted by atomic mass is 9.79. The monoisotopic (exact) mass is 304 g/mol. The molecule has 0 bridgehead atoms. The van der Waals surface area contributed by atoms with Crippen LogP contribution in [0.1, 0.15) is 45.4 Å². The molecule has 0 spiro atoms. The van der Waals surface area contributed by atoms with E-state index in [-0.39, 0.29) is 5.60 Å². The smallest absolute Gasteiger partial charge is 0.179 e. The Bertz CT molecular complexity index is 348. The van der Waals surface area contributed by atoms with Crippen LogP contribution in [0.15, 0.2) is 3.92 Å². The summed E-state index contributed by atoms with van der Waals surface area (Å²) in [7, 11) is 0. The molecule has 1 aliphatic rings. The van der Waals surface area contributed by atoms with Crippen LogP contribution in [0.5, 0.6) is 0 Å².